The average Bonchev–Trinajstić information content (AvgIpc) is 3.01. The number of likely N-dealkylation sites (tertiary alicyclic amines) is 1. The zero-order chi connectivity index (χ0) is 13.8. The minimum atomic E-state index is 0.821. The van der Waals surface area contributed by atoms with Crippen molar-refractivity contribution >= 4 is 0 Å². The first-order chi connectivity index (χ1) is 9.81. The fraction of sp³-hybridized carbons (Fsp3) is 1.00. The van der Waals surface area contributed by atoms with Crippen LogP contribution in [0.2, 0.25) is 0 Å². The van der Waals surface area contributed by atoms with E-state index in [2.05, 4.69) is 27.1 Å². The molecule has 20 heavy (non-hydrogen) atoms. The lowest BCUT2D eigenvalue weighted by Gasteiger charge is -2.38. The van der Waals surface area contributed by atoms with Gasteiger partial charge in [-0.2, -0.15) is 0 Å². The molecule has 2 unspecified atom stereocenters. The van der Waals surface area contributed by atoms with Crippen LogP contribution in [-0.4, -0.2) is 86.7 Å². The fourth-order valence-electron chi connectivity index (χ4n) is 4.09. The highest BCUT2D eigenvalue weighted by Crippen LogP contribution is 2.24. The van der Waals surface area contributed by atoms with E-state index in [4.69, 9.17) is 0 Å². The van der Waals surface area contributed by atoms with Crippen molar-refractivity contribution in [1.82, 2.24) is 20.0 Å². The summed E-state index contributed by atoms with van der Waals surface area (Å²) in [6.07, 6.45) is 5.66. The molecule has 0 saturated carbocycles. The molecule has 2 atom stereocenters. The summed E-state index contributed by atoms with van der Waals surface area (Å²) in [5, 5.41) is 3.71. The molecule has 0 aliphatic carbocycles. The Bertz CT molecular complexity index is 282. The second-order valence-corrected chi connectivity index (χ2v) is 7.05. The number of piperazine rings is 1. The maximum Gasteiger partial charge on any atom is 0.0110 e. The number of hydrogen-bond acceptors (Lipinski definition) is 4. The predicted octanol–water partition coefficient (Wildman–Crippen LogP) is 0.698. The lowest BCUT2D eigenvalue weighted by atomic mass is 9.90. The summed E-state index contributed by atoms with van der Waals surface area (Å²) < 4.78 is 0. The van der Waals surface area contributed by atoms with Crippen molar-refractivity contribution in [3.63, 3.8) is 0 Å². The first-order valence-electron chi connectivity index (χ1n) is 8.68. The highest BCUT2D eigenvalue weighted by molar-refractivity contribution is 4.86. The van der Waals surface area contributed by atoms with Crippen LogP contribution in [0.15, 0.2) is 0 Å². The number of likely N-dealkylation sites (N-methyl/N-ethyl adjacent to an activating group) is 1. The van der Waals surface area contributed by atoms with E-state index < -0.39 is 0 Å². The smallest absolute Gasteiger partial charge is 0.0110 e. The van der Waals surface area contributed by atoms with Crippen LogP contribution in [0.4, 0.5) is 0 Å². The molecule has 3 saturated heterocycles. The van der Waals surface area contributed by atoms with Gasteiger partial charge in [0.05, 0.1) is 0 Å². The van der Waals surface area contributed by atoms with E-state index in [9.17, 15) is 0 Å². The minimum absolute atomic E-state index is 0.821. The molecule has 0 aromatic carbocycles. The molecule has 0 bridgehead atoms. The minimum Gasteiger partial charge on any atom is -0.314 e. The lowest BCUT2D eigenvalue weighted by molar-refractivity contribution is 0.108. The molecule has 3 rings (SSSR count). The van der Waals surface area contributed by atoms with Crippen molar-refractivity contribution in [2.75, 3.05) is 66.0 Å². The van der Waals surface area contributed by atoms with Crippen LogP contribution in [0.5, 0.6) is 0 Å². The van der Waals surface area contributed by atoms with Crippen molar-refractivity contribution < 1.29 is 0 Å². The average molecular weight is 280 g/mol. The third kappa shape index (κ3) is 3.94. The third-order valence-electron chi connectivity index (χ3n) is 5.54. The molecule has 3 aliphatic heterocycles. The van der Waals surface area contributed by atoms with E-state index in [1.54, 1.807) is 0 Å². The first kappa shape index (κ1) is 14.8. The van der Waals surface area contributed by atoms with Gasteiger partial charge in [0.15, 0.2) is 0 Å². The van der Waals surface area contributed by atoms with Gasteiger partial charge in [-0.15, -0.1) is 0 Å². The third-order valence-corrected chi connectivity index (χ3v) is 5.54. The molecule has 3 heterocycles. The number of nitrogens with one attached hydrogen (secondary N) is 1. The molecule has 0 radical (unpaired) electrons. The number of piperidine rings is 1. The van der Waals surface area contributed by atoms with E-state index in [1.807, 2.05) is 0 Å². The first-order valence-corrected chi connectivity index (χ1v) is 8.68. The molecular formula is C16H32N4. The summed E-state index contributed by atoms with van der Waals surface area (Å²) in [6, 6.07) is 0.821. The maximum atomic E-state index is 3.71. The topological polar surface area (TPSA) is 21.8 Å². The Morgan fingerprint density at radius 1 is 0.900 bits per heavy atom. The zero-order valence-electron chi connectivity index (χ0n) is 13.2. The largest absolute Gasteiger partial charge is 0.314 e. The van der Waals surface area contributed by atoms with Crippen molar-refractivity contribution in [3.8, 4) is 0 Å². The summed E-state index contributed by atoms with van der Waals surface area (Å²) in [6.45, 7) is 11.5. The summed E-state index contributed by atoms with van der Waals surface area (Å²) in [5.74, 6) is 0.915. The standard InChI is InChI=1S/C16H32N4/c1-18-8-10-19(11-9-18)12-13-20-7-3-4-15(14-20)16-5-2-6-17-16/h15-17H,2-14H2,1H3. The van der Waals surface area contributed by atoms with Crippen LogP contribution in [0.1, 0.15) is 25.7 Å². The van der Waals surface area contributed by atoms with Crippen molar-refractivity contribution in [2.45, 2.75) is 31.7 Å². The van der Waals surface area contributed by atoms with Gasteiger partial charge in [0.25, 0.3) is 0 Å². The van der Waals surface area contributed by atoms with Gasteiger partial charge in [-0.3, -0.25) is 4.90 Å². The molecule has 0 spiro atoms. The Kier molecular flexibility index (Phi) is 5.32. The molecule has 3 aliphatic rings. The van der Waals surface area contributed by atoms with E-state index in [0.29, 0.717) is 0 Å². The Balaban J connectivity index is 1.38. The molecule has 1 N–H and O–H groups in total. The SMILES string of the molecule is CN1CCN(CCN2CCCC(C3CCCN3)C2)CC1. The monoisotopic (exact) mass is 280 g/mol. The summed E-state index contributed by atoms with van der Waals surface area (Å²) in [4.78, 5) is 7.82. The predicted molar refractivity (Wildman–Crippen MR) is 84.1 cm³/mol. The normalized spacial score (nSPS) is 34.6. The number of rotatable bonds is 4. The van der Waals surface area contributed by atoms with Crippen LogP contribution >= 0.6 is 0 Å². The Morgan fingerprint density at radius 2 is 1.70 bits per heavy atom. The van der Waals surface area contributed by atoms with Crippen LogP contribution < -0.4 is 5.32 Å². The van der Waals surface area contributed by atoms with Gasteiger partial charge in [0, 0.05) is 51.9 Å². The van der Waals surface area contributed by atoms with Crippen molar-refractivity contribution in [2.24, 2.45) is 5.92 Å². The zero-order valence-corrected chi connectivity index (χ0v) is 13.2. The van der Waals surface area contributed by atoms with Gasteiger partial charge in [0.2, 0.25) is 0 Å². The molecule has 3 fully saturated rings. The van der Waals surface area contributed by atoms with Crippen molar-refractivity contribution in [3.05, 3.63) is 0 Å². The number of nitrogens with zero attached hydrogens (tertiary/aromatic N) is 3. The Morgan fingerprint density at radius 3 is 2.45 bits per heavy atom. The van der Waals surface area contributed by atoms with E-state index in [1.165, 1.54) is 84.6 Å². The highest BCUT2D eigenvalue weighted by atomic mass is 15.3. The van der Waals surface area contributed by atoms with Gasteiger partial charge in [-0.05, 0) is 51.7 Å². The fourth-order valence-corrected chi connectivity index (χ4v) is 4.09. The number of hydrogen-bond donors (Lipinski definition) is 1. The highest BCUT2D eigenvalue weighted by Gasteiger charge is 2.29. The molecule has 116 valence electrons. The van der Waals surface area contributed by atoms with Crippen LogP contribution in [0.25, 0.3) is 0 Å². The van der Waals surface area contributed by atoms with Gasteiger partial charge < -0.3 is 15.1 Å². The molecule has 0 aromatic heterocycles. The molecule has 0 aromatic rings. The van der Waals surface area contributed by atoms with Crippen LogP contribution in [-0.2, 0) is 0 Å². The van der Waals surface area contributed by atoms with Crippen LogP contribution in [0.3, 0.4) is 0 Å². The quantitative estimate of drug-likeness (QED) is 0.818. The second kappa shape index (κ2) is 7.21. The van der Waals surface area contributed by atoms with E-state index >= 15 is 0 Å². The summed E-state index contributed by atoms with van der Waals surface area (Å²) in [5.41, 5.74) is 0. The van der Waals surface area contributed by atoms with Gasteiger partial charge in [0.1, 0.15) is 0 Å². The summed E-state index contributed by atoms with van der Waals surface area (Å²) in [7, 11) is 2.24. The maximum absolute atomic E-state index is 3.71. The molecule has 0 amide bonds. The van der Waals surface area contributed by atoms with Gasteiger partial charge in [-0.1, -0.05) is 0 Å². The van der Waals surface area contributed by atoms with E-state index in [0.717, 1.165) is 12.0 Å². The van der Waals surface area contributed by atoms with E-state index in [-0.39, 0.29) is 0 Å². The van der Waals surface area contributed by atoms with Gasteiger partial charge in [-0.25, -0.2) is 0 Å². The van der Waals surface area contributed by atoms with Gasteiger partial charge >= 0.3 is 0 Å². The second-order valence-electron chi connectivity index (χ2n) is 7.05. The molecule has 4 nitrogen and oxygen atoms in total. The Labute approximate surface area is 124 Å². The molecular weight excluding hydrogens is 248 g/mol. The van der Waals surface area contributed by atoms with Crippen molar-refractivity contribution in [1.29, 1.82) is 0 Å². The summed E-state index contributed by atoms with van der Waals surface area (Å²) >= 11 is 0. The lowest BCUT2D eigenvalue weighted by Crippen LogP contribution is -2.49. The Hall–Kier alpha value is -0.160. The van der Waals surface area contributed by atoms with Crippen LogP contribution in [0, 0.1) is 5.92 Å². The molecule has 4 heteroatoms.